The Kier molecular flexibility index (Phi) is 13.0. The highest BCUT2D eigenvalue weighted by molar-refractivity contribution is 7.80. The van der Waals surface area contributed by atoms with Crippen LogP contribution in [0.2, 0.25) is 0 Å². The summed E-state index contributed by atoms with van der Waals surface area (Å²) in [5, 5.41) is 1.15. The van der Waals surface area contributed by atoms with Gasteiger partial charge in [-0.1, -0.05) is 7.43 Å². The van der Waals surface area contributed by atoms with Gasteiger partial charge in [0.25, 0.3) is 0 Å². The van der Waals surface area contributed by atoms with E-state index >= 15 is 0 Å². The van der Waals surface area contributed by atoms with Crippen molar-refractivity contribution in [1.82, 2.24) is 19.6 Å². The van der Waals surface area contributed by atoms with Crippen LogP contribution in [0, 0.1) is 0 Å². The van der Waals surface area contributed by atoms with Gasteiger partial charge < -0.3 is 9.80 Å². The van der Waals surface area contributed by atoms with E-state index in [-0.39, 0.29) is 30.8 Å². The van der Waals surface area contributed by atoms with Gasteiger partial charge in [0, 0.05) is 49.9 Å². The monoisotopic (exact) mass is 568 g/mol. The summed E-state index contributed by atoms with van der Waals surface area (Å²) in [7, 11) is 0. The van der Waals surface area contributed by atoms with Gasteiger partial charge >= 0.3 is 0 Å². The Labute approximate surface area is 240 Å². The molecule has 0 N–H and O–H groups in total. The Hall–Kier alpha value is -1.94. The lowest BCUT2D eigenvalue weighted by Gasteiger charge is -2.35. The Morgan fingerprint density at radius 1 is 0.684 bits per heavy atom. The van der Waals surface area contributed by atoms with E-state index in [1.165, 1.54) is 0 Å². The second-order valence-corrected chi connectivity index (χ2v) is 12.0. The van der Waals surface area contributed by atoms with Gasteiger partial charge in [-0.25, -0.2) is 0 Å². The minimum absolute atomic E-state index is 0. The number of rotatable bonds is 16. The van der Waals surface area contributed by atoms with Crippen LogP contribution in [0.1, 0.15) is 107 Å². The highest BCUT2D eigenvalue weighted by Gasteiger charge is 2.42. The SMILES string of the molecule is C.CCN1CC(=O)N(C(C)(C)CCCC(=O)CCCC(=O)CCCC(C)(C)N2C(=O)CN(CC)C2=S)C1=S. The minimum Gasteiger partial charge on any atom is -0.340 e. The fourth-order valence-electron chi connectivity index (χ4n) is 5.18. The molecule has 2 saturated heterocycles. The predicted molar refractivity (Wildman–Crippen MR) is 160 cm³/mol. The van der Waals surface area contributed by atoms with Crippen LogP contribution in [0.25, 0.3) is 0 Å². The standard InChI is InChI=1S/C27H44N4O4S2.CH4/c1-7-28-18-22(34)30(24(28)36)26(3,4)16-10-14-20(32)12-9-13-21(33)15-11-17-27(5,6)31-23(35)19-29(8-2)25(31)37;/h7-19H2,1-6H3;1H4. The number of likely N-dealkylation sites (N-methyl/N-ethyl adjacent to an activating group) is 2. The fourth-order valence-corrected chi connectivity index (χ4v) is 6.26. The van der Waals surface area contributed by atoms with Gasteiger partial charge in [0.15, 0.2) is 10.2 Å². The molecule has 0 aromatic carbocycles. The summed E-state index contributed by atoms with van der Waals surface area (Å²) in [6, 6.07) is 0. The minimum atomic E-state index is -0.430. The third-order valence-electron chi connectivity index (χ3n) is 7.45. The van der Waals surface area contributed by atoms with Crippen LogP contribution < -0.4 is 0 Å². The topological polar surface area (TPSA) is 81.2 Å². The van der Waals surface area contributed by atoms with Gasteiger partial charge in [0.1, 0.15) is 11.6 Å². The average molecular weight is 569 g/mol. The van der Waals surface area contributed by atoms with Crippen molar-refractivity contribution in [1.29, 1.82) is 0 Å². The maximum atomic E-state index is 12.4. The molecule has 0 atom stereocenters. The molecular formula is C28H48N4O4S2. The van der Waals surface area contributed by atoms with E-state index in [2.05, 4.69) is 0 Å². The summed E-state index contributed by atoms with van der Waals surface area (Å²) >= 11 is 11.0. The lowest BCUT2D eigenvalue weighted by molar-refractivity contribution is -0.129. The Morgan fingerprint density at radius 3 is 1.29 bits per heavy atom. The number of ketones is 2. The molecule has 216 valence electrons. The molecule has 0 saturated carbocycles. The van der Waals surface area contributed by atoms with Crippen LogP contribution in [0.5, 0.6) is 0 Å². The molecule has 0 aliphatic carbocycles. The van der Waals surface area contributed by atoms with Crippen molar-refractivity contribution in [3.8, 4) is 0 Å². The third-order valence-corrected chi connectivity index (χ3v) is 8.33. The first-order valence-electron chi connectivity index (χ1n) is 13.5. The number of carbonyl (C=O) groups is 4. The highest BCUT2D eigenvalue weighted by Crippen LogP contribution is 2.29. The lowest BCUT2D eigenvalue weighted by atomic mass is 9.93. The predicted octanol–water partition coefficient (Wildman–Crippen LogP) is 4.73. The first-order valence-corrected chi connectivity index (χ1v) is 14.3. The largest absolute Gasteiger partial charge is 0.340 e. The first kappa shape index (κ1) is 34.1. The van der Waals surface area contributed by atoms with Crippen LogP contribution in [-0.2, 0) is 19.2 Å². The normalized spacial score (nSPS) is 16.6. The maximum Gasteiger partial charge on any atom is 0.248 e. The molecule has 10 heteroatoms. The van der Waals surface area contributed by atoms with Crippen LogP contribution in [-0.4, -0.2) is 90.5 Å². The van der Waals surface area contributed by atoms with Gasteiger partial charge in [0.2, 0.25) is 11.8 Å². The van der Waals surface area contributed by atoms with Crippen molar-refractivity contribution in [2.24, 2.45) is 0 Å². The summed E-state index contributed by atoms with van der Waals surface area (Å²) in [5.41, 5.74) is -0.860. The zero-order valence-corrected chi connectivity index (χ0v) is 25.1. The van der Waals surface area contributed by atoms with E-state index in [0.29, 0.717) is 94.2 Å². The first-order chi connectivity index (χ1) is 17.2. The van der Waals surface area contributed by atoms with Gasteiger partial charge in [-0.2, -0.15) is 0 Å². The molecule has 38 heavy (non-hydrogen) atoms. The fraction of sp³-hybridized carbons (Fsp3) is 0.786. The van der Waals surface area contributed by atoms with E-state index < -0.39 is 11.1 Å². The zero-order chi connectivity index (χ0) is 28.0. The van der Waals surface area contributed by atoms with Crippen molar-refractivity contribution in [3.63, 3.8) is 0 Å². The Morgan fingerprint density at radius 2 is 1.00 bits per heavy atom. The quantitative estimate of drug-likeness (QED) is 0.247. The maximum absolute atomic E-state index is 12.4. The molecule has 0 radical (unpaired) electrons. The molecule has 0 aromatic rings. The molecule has 0 unspecified atom stereocenters. The number of hydrogen-bond donors (Lipinski definition) is 0. The van der Waals surface area contributed by atoms with E-state index in [9.17, 15) is 19.2 Å². The second-order valence-electron chi connectivity index (χ2n) is 11.3. The van der Waals surface area contributed by atoms with E-state index in [1.807, 2.05) is 51.3 Å². The summed E-state index contributed by atoms with van der Waals surface area (Å²) in [5.74, 6) is 0.332. The van der Waals surface area contributed by atoms with Gasteiger partial charge in [-0.15, -0.1) is 0 Å². The summed E-state index contributed by atoms with van der Waals surface area (Å²) in [6.07, 6.45) is 4.97. The van der Waals surface area contributed by atoms with Crippen molar-refractivity contribution >= 4 is 58.0 Å². The van der Waals surface area contributed by atoms with Crippen LogP contribution in [0.4, 0.5) is 0 Å². The smallest absolute Gasteiger partial charge is 0.248 e. The van der Waals surface area contributed by atoms with Crippen LogP contribution in [0.15, 0.2) is 0 Å². The summed E-state index contributed by atoms with van der Waals surface area (Å²) < 4.78 is 0. The number of nitrogens with zero attached hydrogens (tertiary/aromatic N) is 4. The van der Waals surface area contributed by atoms with Crippen molar-refractivity contribution in [2.45, 2.75) is 118 Å². The molecule has 2 rings (SSSR count). The average Bonchev–Trinajstić information content (AvgIpc) is 3.27. The molecule has 2 amide bonds. The van der Waals surface area contributed by atoms with Gasteiger partial charge in [0.05, 0.1) is 13.1 Å². The van der Waals surface area contributed by atoms with E-state index in [0.717, 1.165) is 0 Å². The van der Waals surface area contributed by atoms with Gasteiger partial charge in [-0.3, -0.25) is 29.0 Å². The van der Waals surface area contributed by atoms with Crippen molar-refractivity contribution in [3.05, 3.63) is 0 Å². The number of carbonyl (C=O) groups excluding carboxylic acids is 4. The molecule has 0 spiro atoms. The second kappa shape index (κ2) is 14.4. The molecule has 0 bridgehead atoms. The number of Topliss-reactive ketones (excluding diaryl/α,β-unsaturated/α-hetero) is 2. The molecule has 2 aliphatic rings. The van der Waals surface area contributed by atoms with E-state index in [1.54, 1.807) is 9.80 Å². The van der Waals surface area contributed by atoms with Crippen molar-refractivity contribution in [2.75, 3.05) is 26.2 Å². The lowest BCUT2D eigenvalue weighted by Crippen LogP contribution is -2.48. The summed E-state index contributed by atoms with van der Waals surface area (Å²) in [6.45, 7) is 14.0. The third kappa shape index (κ3) is 8.53. The molecule has 2 heterocycles. The molecule has 8 nitrogen and oxygen atoms in total. The summed E-state index contributed by atoms with van der Waals surface area (Å²) in [4.78, 5) is 56.8. The Bertz CT molecular complexity index is 847. The highest BCUT2D eigenvalue weighted by atomic mass is 32.1. The number of hydrogen-bond acceptors (Lipinski definition) is 6. The molecule has 2 fully saturated rings. The van der Waals surface area contributed by atoms with Crippen molar-refractivity contribution < 1.29 is 19.2 Å². The molecule has 0 aromatic heterocycles. The molecular weight excluding hydrogens is 520 g/mol. The number of thiocarbonyl (C=S) groups is 2. The Balaban J connectivity index is 0.00000722. The molecule has 2 aliphatic heterocycles. The van der Waals surface area contributed by atoms with E-state index in [4.69, 9.17) is 24.4 Å². The number of amides is 2. The van der Waals surface area contributed by atoms with Crippen LogP contribution in [0.3, 0.4) is 0 Å². The zero-order valence-electron chi connectivity index (χ0n) is 23.4. The van der Waals surface area contributed by atoms with Crippen LogP contribution >= 0.6 is 24.4 Å². The van der Waals surface area contributed by atoms with Gasteiger partial charge in [-0.05, 0) is 98.1 Å².